The number of nitrogens with zero attached hydrogens (tertiary/aromatic N) is 1. The Morgan fingerprint density at radius 2 is 1.84 bits per heavy atom. The molecular weight excluding hydrogens is 450 g/mol. The molecule has 8 heteroatoms. The topological polar surface area (TPSA) is 61.4 Å². The molecule has 0 amide bonds. The highest BCUT2D eigenvalue weighted by molar-refractivity contribution is 7.94. The number of rotatable bonds is 5. The molecule has 1 aliphatic heterocycles. The van der Waals surface area contributed by atoms with E-state index < -0.39 is 10.0 Å². The molecule has 1 aliphatic rings. The molecule has 1 atom stereocenters. The van der Waals surface area contributed by atoms with Crippen molar-refractivity contribution < 1.29 is 8.42 Å². The van der Waals surface area contributed by atoms with E-state index in [1.807, 2.05) is 36.4 Å². The zero-order chi connectivity index (χ0) is 22.2. The number of hydrogen-bond acceptors (Lipinski definition) is 5. The molecule has 31 heavy (non-hydrogen) atoms. The smallest absolute Gasteiger partial charge is 0.271 e. The van der Waals surface area contributed by atoms with E-state index in [2.05, 4.69) is 36.0 Å². The minimum Gasteiger partial charge on any atom is -0.314 e. The second kappa shape index (κ2) is 8.56. The Bertz CT molecular complexity index is 1190. The summed E-state index contributed by atoms with van der Waals surface area (Å²) in [5, 5.41) is 4.15. The Morgan fingerprint density at radius 1 is 1.10 bits per heavy atom. The van der Waals surface area contributed by atoms with Gasteiger partial charge in [0.05, 0.1) is 5.54 Å². The van der Waals surface area contributed by atoms with Crippen LogP contribution < -0.4 is 10.0 Å². The number of nitrogens with one attached hydrogen (secondary N) is 2. The van der Waals surface area contributed by atoms with Crippen LogP contribution in [0.15, 0.2) is 58.8 Å². The lowest BCUT2D eigenvalue weighted by Crippen LogP contribution is -2.45. The van der Waals surface area contributed by atoms with E-state index >= 15 is 0 Å². The highest BCUT2D eigenvalue weighted by atomic mass is 35.5. The maximum atomic E-state index is 13.0. The van der Waals surface area contributed by atoms with Gasteiger partial charge in [0.15, 0.2) is 0 Å². The second-order valence-electron chi connectivity index (χ2n) is 8.20. The van der Waals surface area contributed by atoms with Crippen molar-refractivity contribution in [1.82, 2.24) is 10.2 Å². The highest BCUT2D eigenvalue weighted by Crippen LogP contribution is 2.35. The molecule has 2 heterocycles. The number of anilines is 1. The zero-order valence-corrected chi connectivity index (χ0v) is 20.2. The van der Waals surface area contributed by atoms with Crippen LogP contribution in [0.25, 0.3) is 10.4 Å². The first-order chi connectivity index (χ1) is 14.7. The first kappa shape index (κ1) is 22.3. The summed E-state index contributed by atoms with van der Waals surface area (Å²) in [7, 11) is 0.471. The monoisotopic (exact) mass is 475 g/mol. The normalized spacial score (nSPS) is 19.1. The van der Waals surface area contributed by atoms with Crippen LogP contribution in [0.2, 0.25) is 5.02 Å². The molecule has 0 bridgehead atoms. The molecule has 0 aliphatic carbocycles. The van der Waals surface area contributed by atoms with Gasteiger partial charge in [0.2, 0.25) is 0 Å². The Kier molecular flexibility index (Phi) is 6.16. The van der Waals surface area contributed by atoms with Gasteiger partial charge in [0, 0.05) is 22.1 Å². The number of sulfonamides is 1. The summed E-state index contributed by atoms with van der Waals surface area (Å²) >= 11 is 7.20. The number of fused-ring (bicyclic) bond motifs is 1. The van der Waals surface area contributed by atoms with Gasteiger partial charge in [-0.2, -0.15) is 0 Å². The second-order valence-corrected chi connectivity index (χ2v) is 11.6. The first-order valence-electron chi connectivity index (χ1n) is 10.1. The minimum absolute atomic E-state index is 0.148. The number of halogens is 1. The Labute approximate surface area is 193 Å². The SMILES string of the molecule is CN(C)C1(C)CNCCc2cc(NS(=O)(=O)c3ccc(-c4ccc(Cl)cc4)s3)ccc21. The standard InChI is InChI=1S/C23H26ClN3O2S2/c1-23(27(2)3)15-25-13-12-17-14-19(8-9-20(17)23)26-31(28,29)22-11-10-21(30-22)16-4-6-18(24)7-5-16/h4-11,14,25-26H,12-13,15H2,1-3H3. The molecule has 0 spiro atoms. The van der Waals surface area contributed by atoms with Gasteiger partial charge < -0.3 is 5.32 Å². The maximum Gasteiger partial charge on any atom is 0.271 e. The number of thiophene rings is 1. The summed E-state index contributed by atoms with van der Waals surface area (Å²) in [4.78, 5) is 3.09. The zero-order valence-electron chi connectivity index (χ0n) is 17.8. The molecule has 3 aromatic rings. The quantitative estimate of drug-likeness (QED) is 0.556. The molecule has 2 N–H and O–H groups in total. The molecule has 1 unspecified atom stereocenters. The largest absolute Gasteiger partial charge is 0.314 e. The fraction of sp³-hybridized carbons (Fsp3) is 0.304. The number of likely N-dealkylation sites (N-methyl/N-ethyl adjacent to an activating group) is 1. The molecule has 164 valence electrons. The van der Waals surface area contributed by atoms with Crippen LogP contribution in [0.3, 0.4) is 0 Å². The number of benzene rings is 2. The Morgan fingerprint density at radius 3 is 2.55 bits per heavy atom. The third kappa shape index (κ3) is 4.52. The van der Waals surface area contributed by atoms with Crippen molar-refractivity contribution in [2.24, 2.45) is 0 Å². The van der Waals surface area contributed by atoms with Crippen LogP contribution in [0, 0.1) is 0 Å². The molecule has 0 saturated carbocycles. The predicted molar refractivity (Wildman–Crippen MR) is 130 cm³/mol. The highest BCUT2D eigenvalue weighted by Gasteiger charge is 2.33. The van der Waals surface area contributed by atoms with Crippen molar-refractivity contribution in [2.75, 3.05) is 31.9 Å². The molecule has 1 aromatic heterocycles. The maximum absolute atomic E-state index is 13.0. The van der Waals surface area contributed by atoms with Crippen molar-refractivity contribution in [3.05, 3.63) is 70.7 Å². The Hall–Kier alpha value is -1.90. The van der Waals surface area contributed by atoms with Crippen molar-refractivity contribution in [3.63, 3.8) is 0 Å². The van der Waals surface area contributed by atoms with Crippen LogP contribution in [-0.4, -0.2) is 40.5 Å². The van der Waals surface area contributed by atoms with Crippen LogP contribution >= 0.6 is 22.9 Å². The van der Waals surface area contributed by atoms with Gasteiger partial charge in [-0.25, -0.2) is 8.42 Å². The molecule has 5 nitrogen and oxygen atoms in total. The van der Waals surface area contributed by atoms with Crippen molar-refractivity contribution in [1.29, 1.82) is 0 Å². The van der Waals surface area contributed by atoms with E-state index in [1.54, 1.807) is 18.2 Å². The molecule has 0 saturated heterocycles. The minimum atomic E-state index is -3.67. The molecular formula is C23H26ClN3O2S2. The van der Waals surface area contributed by atoms with Crippen molar-refractivity contribution in [2.45, 2.75) is 23.1 Å². The van der Waals surface area contributed by atoms with Gasteiger partial charge in [-0.05, 0) is 87.1 Å². The summed E-state index contributed by atoms with van der Waals surface area (Å²) in [6.45, 7) is 3.92. The van der Waals surface area contributed by atoms with E-state index in [1.165, 1.54) is 16.9 Å². The van der Waals surface area contributed by atoms with E-state index in [-0.39, 0.29) is 9.75 Å². The first-order valence-corrected chi connectivity index (χ1v) is 12.8. The van der Waals surface area contributed by atoms with Gasteiger partial charge >= 0.3 is 0 Å². The molecule has 0 radical (unpaired) electrons. The van der Waals surface area contributed by atoms with Crippen LogP contribution in [0.5, 0.6) is 0 Å². The van der Waals surface area contributed by atoms with Gasteiger partial charge in [-0.15, -0.1) is 11.3 Å². The lowest BCUT2D eigenvalue weighted by molar-refractivity contribution is 0.173. The van der Waals surface area contributed by atoms with Gasteiger partial charge in [-0.3, -0.25) is 9.62 Å². The summed E-state index contributed by atoms with van der Waals surface area (Å²) in [6, 6.07) is 16.7. The average molecular weight is 476 g/mol. The average Bonchev–Trinajstić information content (AvgIpc) is 3.16. The third-order valence-electron chi connectivity index (χ3n) is 5.94. The number of hydrogen-bond donors (Lipinski definition) is 2. The van der Waals surface area contributed by atoms with E-state index in [0.717, 1.165) is 35.5 Å². The fourth-order valence-electron chi connectivity index (χ4n) is 3.88. The lowest BCUT2D eigenvalue weighted by atomic mass is 9.87. The molecule has 2 aromatic carbocycles. The van der Waals surface area contributed by atoms with Crippen LogP contribution in [0.1, 0.15) is 18.1 Å². The van der Waals surface area contributed by atoms with Crippen molar-refractivity contribution >= 4 is 38.6 Å². The van der Waals surface area contributed by atoms with Crippen LogP contribution in [-0.2, 0) is 22.0 Å². The summed E-state index contributed by atoms with van der Waals surface area (Å²) < 4.78 is 29.1. The van der Waals surface area contributed by atoms with Gasteiger partial charge in [-0.1, -0.05) is 29.8 Å². The molecule has 0 fully saturated rings. The van der Waals surface area contributed by atoms with Crippen LogP contribution in [0.4, 0.5) is 5.69 Å². The molecule has 4 rings (SSSR count). The van der Waals surface area contributed by atoms with E-state index in [0.29, 0.717) is 10.7 Å². The van der Waals surface area contributed by atoms with E-state index in [4.69, 9.17) is 11.6 Å². The van der Waals surface area contributed by atoms with E-state index in [9.17, 15) is 8.42 Å². The fourth-order valence-corrected chi connectivity index (χ4v) is 6.36. The lowest BCUT2D eigenvalue weighted by Gasteiger charge is -2.37. The Balaban J connectivity index is 1.61. The van der Waals surface area contributed by atoms with Crippen molar-refractivity contribution in [3.8, 4) is 10.4 Å². The summed E-state index contributed by atoms with van der Waals surface area (Å²) in [5.41, 5.74) is 3.77. The van der Waals surface area contributed by atoms with Gasteiger partial charge in [0.1, 0.15) is 4.21 Å². The van der Waals surface area contributed by atoms with Gasteiger partial charge in [0.25, 0.3) is 10.0 Å². The summed E-state index contributed by atoms with van der Waals surface area (Å²) in [6.07, 6.45) is 0.855. The summed E-state index contributed by atoms with van der Waals surface area (Å²) in [5.74, 6) is 0. The third-order valence-corrected chi connectivity index (χ3v) is 9.20. The predicted octanol–water partition coefficient (Wildman–Crippen LogP) is 4.79.